The highest BCUT2D eigenvalue weighted by Crippen LogP contribution is 2.17. The fourth-order valence-corrected chi connectivity index (χ4v) is 4.32. The molecule has 8 nitrogen and oxygen atoms in total. The van der Waals surface area contributed by atoms with Gasteiger partial charge in [-0.05, 0) is 50.3 Å². The predicted molar refractivity (Wildman–Crippen MR) is 112 cm³/mol. The molecule has 1 aliphatic heterocycles. The third kappa shape index (κ3) is 8.12. The Kier molecular flexibility index (Phi) is 8.60. The van der Waals surface area contributed by atoms with Gasteiger partial charge < -0.3 is 5.32 Å². The van der Waals surface area contributed by atoms with Crippen molar-refractivity contribution in [3.63, 3.8) is 0 Å². The molecule has 29 heavy (non-hydrogen) atoms. The lowest BCUT2D eigenvalue weighted by Gasteiger charge is -2.32. The number of amides is 3. The van der Waals surface area contributed by atoms with Crippen molar-refractivity contribution < 1.29 is 18.0 Å². The largest absolute Gasteiger partial charge is 0.338 e. The van der Waals surface area contributed by atoms with E-state index in [1.54, 1.807) is 24.3 Å². The van der Waals surface area contributed by atoms with E-state index in [1.165, 1.54) is 0 Å². The van der Waals surface area contributed by atoms with Crippen LogP contribution in [0.15, 0.2) is 29.2 Å². The molecule has 1 saturated heterocycles. The van der Waals surface area contributed by atoms with Crippen LogP contribution in [0.1, 0.15) is 32.3 Å². The van der Waals surface area contributed by atoms with Gasteiger partial charge in [-0.3, -0.25) is 15.0 Å². The molecule has 1 atom stereocenters. The maximum Gasteiger partial charge on any atom is 0.321 e. The summed E-state index contributed by atoms with van der Waals surface area (Å²) in [5.74, 6) is 0.0704. The number of urea groups is 1. The first kappa shape index (κ1) is 23.3. The van der Waals surface area contributed by atoms with Gasteiger partial charge in [0.15, 0.2) is 0 Å². The van der Waals surface area contributed by atoms with Gasteiger partial charge in [-0.25, -0.2) is 17.9 Å². The fraction of sp³-hybridized carbons (Fsp3) is 0.600. The van der Waals surface area contributed by atoms with Crippen molar-refractivity contribution in [2.24, 2.45) is 11.8 Å². The number of sulfonamides is 1. The standard InChI is InChI=1S/C20H32N4O4S/c1-15(2)11-21-20(26)23-19(25)14-24-10-4-5-17(13-24)12-22-29(27,28)18-8-6-16(3)7-9-18/h6-9,15,17,22H,4-5,10-14H2,1-3H3,(H2,21,23,25,26). The number of hydrogen-bond acceptors (Lipinski definition) is 5. The number of carbonyl (C=O) groups is 2. The van der Waals surface area contributed by atoms with Gasteiger partial charge in [-0.1, -0.05) is 31.5 Å². The van der Waals surface area contributed by atoms with Crippen LogP contribution in [0, 0.1) is 18.8 Å². The van der Waals surface area contributed by atoms with Gasteiger partial charge in [-0.15, -0.1) is 0 Å². The van der Waals surface area contributed by atoms with E-state index in [0.29, 0.717) is 25.6 Å². The number of piperidine rings is 1. The Balaban J connectivity index is 1.79. The third-order valence-electron chi connectivity index (χ3n) is 4.79. The van der Waals surface area contributed by atoms with E-state index in [1.807, 2.05) is 25.7 Å². The van der Waals surface area contributed by atoms with Gasteiger partial charge in [0.1, 0.15) is 0 Å². The summed E-state index contributed by atoms with van der Waals surface area (Å²) in [6.45, 7) is 8.17. The quantitative estimate of drug-likeness (QED) is 0.586. The molecule has 1 heterocycles. The predicted octanol–water partition coefficient (Wildman–Crippen LogP) is 1.47. The lowest BCUT2D eigenvalue weighted by Crippen LogP contribution is -2.48. The number of carbonyl (C=O) groups excluding carboxylic acids is 2. The Morgan fingerprint density at radius 1 is 1.21 bits per heavy atom. The number of hydrogen-bond donors (Lipinski definition) is 3. The van der Waals surface area contributed by atoms with Gasteiger partial charge in [0.2, 0.25) is 15.9 Å². The molecule has 162 valence electrons. The van der Waals surface area contributed by atoms with Crippen LogP contribution < -0.4 is 15.4 Å². The van der Waals surface area contributed by atoms with E-state index in [4.69, 9.17) is 0 Å². The van der Waals surface area contributed by atoms with Crippen LogP contribution in [0.25, 0.3) is 0 Å². The first-order valence-corrected chi connectivity index (χ1v) is 11.5. The SMILES string of the molecule is Cc1ccc(S(=O)(=O)NCC2CCCN(CC(=O)NC(=O)NCC(C)C)C2)cc1. The average molecular weight is 425 g/mol. The molecule has 3 amide bonds. The van der Waals surface area contributed by atoms with Gasteiger partial charge in [-0.2, -0.15) is 0 Å². The van der Waals surface area contributed by atoms with Crippen LogP contribution in [-0.4, -0.2) is 58.0 Å². The van der Waals surface area contributed by atoms with Crippen molar-refractivity contribution in [1.82, 2.24) is 20.3 Å². The van der Waals surface area contributed by atoms with E-state index in [2.05, 4.69) is 15.4 Å². The second-order valence-corrected chi connectivity index (χ2v) is 9.83. The second kappa shape index (κ2) is 10.7. The van der Waals surface area contributed by atoms with Crippen molar-refractivity contribution in [2.75, 3.05) is 32.7 Å². The maximum atomic E-state index is 12.4. The molecule has 1 aromatic rings. The van der Waals surface area contributed by atoms with Crippen LogP contribution in [0.4, 0.5) is 4.79 Å². The minimum Gasteiger partial charge on any atom is -0.338 e. The van der Waals surface area contributed by atoms with Gasteiger partial charge in [0, 0.05) is 19.6 Å². The van der Waals surface area contributed by atoms with Gasteiger partial charge in [0.05, 0.1) is 11.4 Å². The number of imide groups is 1. The molecule has 1 aromatic carbocycles. The topological polar surface area (TPSA) is 108 Å². The highest BCUT2D eigenvalue weighted by atomic mass is 32.2. The Labute approximate surface area is 173 Å². The molecule has 2 rings (SSSR count). The molecule has 1 aliphatic rings. The molecular formula is C20H32N4O4S. The van der Waals surface area contributed by atoms with Crippen LogP contribution in [0.2, 0.25) is 0 Å². The molecule has 0 aromatic heterocycles. The molecule has 0 aliphatic carbocycles. The summed E-state index contributed by atoms with van der Waals surface area (Å²) in [4.78, 5) is 26.0. The maximum absolute atomic E-state index is 12.4. The molecule has 9 heteroatoms. The minimum absolute atomic E-state index is 0.117. The number of rotatable bonds is 8. The zero-order valence-electron chi connectivity index (χ0n) is 17.4. The summed E-state index contributed by atoms with van der Waals surface area (Å²) in [7, 11) is -3.55. The number of benzene rings is 1. The van der Waals surface area contributed by atoms with Crippen molar-refractivity contribution in [3.05, 3.63) is 29.8 Å². The monoisotopic (exact) mass is 424 g/mol. The van der Waals surface area contributed by atoms with E-state index >= 15 is 0 Å². The molecular weight excluding hydrogens is 392 g/mol. The van der Waals surface area contributed by atoms with E-state index in [0.717, 1.165) is 24.9 Å². The minimum atomic E-state index is -3.55. The second-order valence-electron chi connectivity index (χ2n) is 8.06. The van der Waals surface area contributed by atoms with Crippen LogP contribution in [-0.2, 0) is 14.8 Å². The normalized spacial score (nSPS) is 17.9. The highest BCUT2D eigenvalue weighted by molar-refractivity contribution is 7.89. The molecule has 0 saturated carbocycles. The average Bonchev–Trinajstić information content (AvgIpc) is 2.65. The zero-order chi connectivity index (χ0) is 21.4. The summed E-state index contributed by atoms with van der Waals surface area (Å²) in [5, 5.41) is 4.99. The van der Waals surface area contributed by atoms with Crippen LogP contribution in [0.3, 0.4) is 0 Å². The Morgan fingerprint density at radius 3 is 2.55 bits per heavy atom. The number of nitrogens with zero attached hydrogens (tertiary/aromatic N) is 1. The zero-order valence-corrected chi connectivity index (χ0v) is 18.2. The lowest BCUT2D eigenvalue weighted by atomic mass is 9.98. The van der Waals surface area contributed by atoms with Gasteiger partial charge >= 0.3 is 6.03 Å². The third-order valence-corrected chi connectivity index (χ3v) is 6.23. The summed E-state index contributed by atoms with van der Waals surface area (Å²) < 4.78 is 27.6. The summed E-state index contributed by atoms with van der Waals surface area (Å²) >= 11 is 0. The molecule has 0 radical (unpaired) electrons. The Bertz CT molecular complexity index is 793. The molecule has 0 spiro atoms. The molecule has 1 unspecified atom stereocenters. The van der Waals surface area contributed by atoms with E-state index in [-0.39, 0.29) is 23.3 Å². The summed E-state index contributed by atoms with van der Waals surface area (Å²) in [5.41, 5.74) is 1.00. The number of nitrogens with one attached hydrogen (secondary N) is 3. The molecule has 1 fully saturated rings. The molecule has 3 N–H and O–H groups in total. The highest BCUT2D eigenvalue weighted by Gasteiger charge is 2.24. The Hall–Kier alpha value is -1.97. The Morgan fingerprint density at radius 2 is 1.90 bits per heavy atom. The van der Waals surface area contributed by atoms with Crippen molar-refractivity contribution in [3.8, 4) is 0 Å². The smallest absolute Gasteiger partial charge is 0.321 e. The van der Waals surface area contributed by atoms with Crippen LogP contribution in [0.5, 0.6) is 0 Å². The van der Waals surface area contributed by atoms with Crippen molar-refractivity contribution >= 4 is 22.0 Å². The summed E-state index contributed by atoms with van der Waals surface area (Å²) in [6.07, 6.45) is 1.77. The van der Waals surface area contributed by atoms with Crippen molar-refractivity contribution in [2.45, 2.75) is 38.5 Å². The van der Waals surface area contributed by atoms with E-state index in [9.17, 15) is 18.0 Å². The number of likely N-dealkylation sites (tertiary alicyclic amines) is 1. The van der Waals surface area contributed by atoms with Crippen LogP contribution >= 0.6 is 0 Å². The van der Waals surface area contributed by atoms with Gasteiger partial charge in [0.25, 0.3) is 0 Å². The lowest BCUT2D eigenvalue weighted by molar-refractivity contribution is -0.121. The van der Waals surface area contributed by atoms with E-state index < -0.39 is 16.1 Å². The fourth-order valence-electron chi connectivity index (χ4n) is 3.20. The van der Waals surface area contributed by atoms with Crippen molar-refractivity contribution in [1.29, 1.82) is 0 Å². The molecule has 0 bridgehead atoms. The first-order valence-electron chi connectivity index (χ1n) is 10.0. The summed E-state index contributed by atoms with van der Waals surface area (Å²) in [6, 6.07) is 6.25. The first-order chi connectivity index (χ1) is 13.7. The number of aryl methyl sites for hydroxylation is 1.